The van der Waals surface area contributed by atoms with Crippen LogP contribution in [0.5, 0.6) is 11.5 Å². The first-order chi connectivity index (χ1) is 13.7. The van der Waals surface area contributed by atoms with E-state index in [-0.39, 0.29) is 24.2 Å². The predicted octanol–water partition coefficient (Wildman–Crippen LogP) is 3.45. The van der Waals surface area contributed by atoms with E-state index in [0.717, 1.165) is 0 Å². The number of benzene rings is 1. The van der Waals surface area contributed by atoms with Crippen molar-refractivity contribution >= 4 is 17.5 Å². The minimum atomic E-state index is -0.379. The summed E-state index contributed by atoms with van der Waals surface area (Å²) in [6, 6.07) is 14.2. The predicted molar refractivity (Wildman–Crippen MR) is 102 cm³/mol. The van der Waals surface area contributed by atoms with Crippen molar-refractivity contribution in [3.05, 3.63) is 72.9 Å². The zero-order chi connectivity index (χ0) is 19.3. The Bertz CT molecular complexity index is 940. The third kappa shape index (κ3) is 4.20. The second-order valence-corrected chi connectivity index (χ2v) is 6.55. The van der Waals surface area contributed by atoms with Crippen LogP contribution in [0, 0.1) is 5.92 Å². The maximum atomic E-state index is 12.5. The molecule has 0 radical (unpaired) electrons. The van der Waals surface area contributed by atoms with Gasteiger partial charge in [0, 0.05) is 31.0 Å². The summed E-state index contributed by atoms with van der Waals surface area (Å²) in [5.41, 5.74) is 0.656. The Hall–Kier alpha value is -3.61. The molecule has 0 unspecified atom stereocenters. The van der Waals surface area contributed by atoms with E-state index in [1.54, 1.807) is 66.0 Å². The molecule has 1 aromatic carbocycles. The van der Waals surface area contributed by atoms with Gasteiger partial charge in [-0.1, -0.05) is 0 Å². The molecule has 1 aliphatic heterocycles. The molecule has 1 atom stereocenters. The normalized spacial score (nSPS) is 16.2. The number of furan rings is 1. The first-order valence-electron chi connectivity index (χ1n) is 8.96. The summed E-state index contributed by atoms with van der Waals surface area (Å²) in [5.74, 6) is 1.46. The van der Waals surface area contributed by atoms with Crippen molar-refractivity contribution in [2.45, 2.75) is 13.0 Å². The van der Waals surface area contributed by atoms with Gasteiger partial charge in [-0.3, -0.25) is 14.6 Å². The topological polar surface area (TPSA) is 84.7 Å². The molecule has 1 fully saturated rings. The standard InChI is InChI=1S/C21H19N3O4/c25-20-12-15(13-24(20)14-19-2-1-11-27-19)21(26)23-16-3-5-17(6-4-16)28-18-7-9-22-10-8-18/h1-11,15H,12-14H2,(H,23,26)/t15-/m0/s1. The zero-order valence-electron chi connectivity index (χ0n) is 15.1. The molecule has 0 bridgehead atoms. The van der Waals surface area contributed by atoms with Crippen LogP contribution in [0.4, 0.5) is 5.69 Å². The molecule has 28 heavy (non-hydrogen) atoms. The average Bonchev–Trinajstić information content (AvgIpc) is 3.35. The largest absolute Gasteiger partial charge is 0.467 e. The molecule has 3 aromatic rings. The van der Waals surface area contributed by atoms with Gasteiger partial charge in [0.15, 0.2) is 0 Å². The van der Waals surface area contributed by atoms with Crippen molar-refractivity contribution in [1.29, 1.82) is 0 Å². The van der Waals surface area contributed by atoms with Gasteiger partial charge in [-0.25, -0.2) is 0 Å². The number of anilines is 1. The second-order valence-electron chi connectivity index (χ2n) is 6.55. The molecule has 0 saturated carbocycles. The van der Waals surface area contributed by atoms with E-state index < -0.39 is 0 Å². The Labute approximate surface area is 161 Å². The summed E-state index contributed by atoms with van der Waals surface area (Å²) >= 11 is 0. The summed E-state index contributed by atoms with van der Waals surface area (Å²) in [6.45, 7) is 0.769. The van der Waals surface area contributed by atoms with E-state index in [1.807, 2.05) is 6.07 Å². The van der Waals surface area contributed by atoms with Crippen LogP contribution in [0.15, 0.2) is 71.6 Å². The first-order valence-corrected chi connectivity index (χ1v) is 8.96. The zero-order valence-corrected chi connectivity index (χ0v) is 15.1. The van der Waals surface area contributed by atoms with Crippen molar-refractivity contribution in [3.8, 4) is 11.5 Å². The van der Waals surface area contributed by atoms with E-state index in [1.165, 1.54) is 0 Å². The number of pyridine rings is 1. The molecule has 4 rings (SSSR count). The number of hydrogen-bond acceptors (Lipinski definition) is 5. The monoisotopic (exact) mass is 377 g/mol. The van der Waals surface area contributed by atoms with Gasteiger partial charge in [0.2, 0.25) is 11.8 Å². The maximum Gasteiger partial charge on any atom is 0.229 e. The Morgan fingerprint density at radius 3 is 2.61 bits per heavy atom. The van der Waals surface area contributed by atoms with Crippen LogP contribution in [-0.2, 0) is 16.1 Å². The molecule has 7 nitrogen and oxygen atoms in total. The molecule has 2 amide bonds. The second kappa shape index (κ2) is 7.96. The fourth-order valence-electron chi connectivity index (χ4n) is 3.08. The number of nitrogens with one attached hydrogen (secondary N) is 1. The van der Waals surface area contributed by atoms with Crippen molar-refractivity contribution < 1.29 is 18.7 Å². The Balaban J connectivity index is 1.33. The summed E-state index contributed by atoms with van der Waals surface area (Å²) in [5, 5.41) is 2.87. The van der Waals surface area contributed by atoms with E-state index in [4.69, 9.17) is 9.15 Å². The number of carbonyl (C=O) groups excluding carboxylic acids is 2. The fourth-order valence-corrected chi connectivity index (χ4v) is 3.08. The van der Waals surface area contributed by atoms with Crippen molar-refractivity contribution in [2.24, 2.45) is 5.92 Å². The highest BCUT2D eigenvalue weighted by atomic mass is 16.5. The van der Waals surface area contributed by atoms with E-state index in [0.29, 0.717) is 36.0 Å². The lowest BCUT2D eigenvalue weighted by atomic mass is 10.1. The van der Waals surface area contributed by atoms with Crippen LogP contribution < -0.4 is 10.1 Å². The molecular weight excluding hydrogens is 358 g/mol. The maximum absolute atomic E-state index is 12.5. The highest BCUT2D eigenvalue weighted by Crippen LogP contribution is 2.24. The lowest BCUT2D eigenvalue weighted by Gasteiger charge is -2.15. The Morgan fingerprint density at radius 1 is 1.14 bits per heavy atom. The summed E-state index contributed by atoms with van der Waals surface area (Å²) in [4.78, 5) is 30.3. The van der Waals surface area contributed by atoms with E-state index >= 15 is 0 Å². The van der Waals surface area contributed by atoms with Crippen LogP contribution in [0.1, 0.15) is 12.2 Å². The molecule has 142 valence electrons. The van der Waals surface area contributed by atoms with Gasteiger partial charge in [0.25, 0.3) is 0 Å². The van der Waals surface area contributed by atoms with Crippen molar-refractivity contribution in [1.82, 2.24) is 9.88 Å². The van der Waals surface area contributed by atoms with Crippen LogP contribution in [0.2, 0.25) is 0 Å². The molecule has 1 saturated heterocycles. The molecule has 1 aliphatic rings. The van der Waals surface area contributed by atoms with Gasteiger partial charge >= 0.3 is 0 Å². The van der Waals surface area contributed by atoms with Gasteiger partial charge in [0.05, 0.1) is 18.7 Å². The molecule has 2 aromatic heterocycles. The Morgan fingerprint density at radius 2 is 1.89 bits per heavy atom. The van der Waals surface area contributed by atoms with Gasteiger partial charge < -0.3 is 19.4 Å². The summed E-state index contributed by atoms with van der Waals surface area (Å²) in [6.07, 6.45) is 5.09. The molecule has 3 heterocycles. The third-order valence-corrected chi connectivity index (χ3v) is 4.52. The first kappa shape index (κ1) is 17.8. The number of ether oxygens (including phenoxy) is 1. The van der Waals surface area contributed by atoms with Crippen LogP contribution in [0.25, 0.3) is 0 Å². The molecular formula is C21H19N3O4. The van der Waals surface area contributed by atoms with Gasteiger partial charge in [-0.15, -0.1) is 0 Å². The lowest BCUT2D eigenvalue weighted by molar-refractivity contribution is -0.128. The lowest BCUT2D eigenvalue weighted by Crippen LogP contribution is -2.27. The Kier molecular flexibility index (Phi) is 5.05. The van der Waals surface area contributed by atoms with Crippen molar-refractivity contribution in [3.63, 3.8) is 0 Å². The average molecular weight is 377 g/mol. The minimum absolute atomic E-state index is 0.0438. The van der Waals surface area contributed by atoms with E-state index in [2.05, 4.69) is 10.3 Å². The van der Waals surface area contributed by atoms with E-state index in [9.17, 15) is 9.59 Å². The number of rotatable bonds is 6. The quantitative estimate of drug-likeness (QED) is 0.711. The van der Waals surface area contributed by atoms with Crippen LogP contribution in [0.3, 0.4) is 0 Å². The summed E-state index contributed by atoms with van der Waals surface area (Å²) in [7, 11) is 0. The number of hydrogen-bond donors (Lipinski definition) is 1. The number of likely N-dealkylation sites (tertiary alicyclic amines) is 1. The molecule has 0 spiro atoms. The third-order valence-electron chi connectivity index (χ3n) is 4.52. The SMILES string of the molecule is O=C(Nc1ccc(Oc2ccncc2)cc1)[C@H]1CC(=O)N(Cc2ccco2)C1. The number of amides is 2. The highest BCUT2D eigenvalue weighted by Gasteiger charge is 2.34. The summed E-state index contributed by atoms with van der Waals surface area (Å²) < 4.78 is 11.0. The van der Waals surface area contributed by atoms with Crippen LogP contribution >= 0.6 is 0 Å². The van der Waals surface area contributed by atoms with Gasteiger partial charge in [-0.05, 0) is 48.5 Å². The number of nitrogens with zero attached hydrogens (tertiary/aromatic N) is 2. The number of carbonyl (C=O) groups is 2. The molecule has 7 heteroatoms. The van der Waals surface area contributed by atoms with Crippen molar-refractivity contribution in [2.75, 3.05) is 11.9 Å². The minimum Gasteiger partial charge on any atom is -0.467 e. The molecule has 0 aliphatic carbocycles. The van der Waals surface area contributed by atoms with Gasteiger partial charge in [-0.2, -0.15) is 0 Å². The molecule has 1 N–H and O–H groups in total. The van der Waals surface area contributed by atoms with Gasteiger partial charge in [0.1, 0.15) is 17.3 Å². The smallest absolute Gasteiger partial charge is 0.229 e. The fraction of sp³-hybridized carbons (Fsp3) is 0.190. The number of aromatic nitrogens is 1. The van der Waals surface area contributed by atoms with Crippen LogP contribution in [-0.4, -0.2) is 28.2 Å². The highest BCUT2D eigenvalue weighted by molar-refractivity contribution is 5.97.